The zero-order valence-electron chi connectivity index (χ0n) is 13.2. The van der Waals surface area contributed by atoms with Crippen LogP contribution >= 0.6 is 0 Å². The summed E-state index contributed by atoms with van der Waals surface area (Å²) in [7, 11) is 2.02. The van der Waals surface area contributed by atoms with Crippen molar-refractivity contribution in [3.8, 4) is 0 Å². The fraction of sp³-hybridized carbons (Fsp3) is 0.438. The lowest BCUT2D eigenvalue weighted by atomic mass is 10.2. The molecule has 0 aliphatic carbocycles. The summed E-state index contributed by atoms with van der Waals surface area (Å²) < 4.78 is 7.41. The van der Waals surface area contributed by atoms with Crippen LogP contribution in [-0.4, -0.2) is 42.3 Å². The molecule has 0 saturated carbocycles. The molecule has 0 bridgehead atoms. The average molecular weight is 313 g/mol. The third-order valence-electron chi connectivity index (χ3n) is 4.43. The maximum atomic E-state index is 10.1. The molecule has 3 aromatic rings. The SMILES string of the molecule is Cc1noc([C@H]2C[C@@H](O)CN2Cc2nc3ccccc3n2C)n1. The first-order chi connectivity index (χ1) is 11.1. The number of aryl methyl sites for hydroxylation is 2. The van der Waals surface area contributed by atoms with Crippen LogP contribution in [0.4, 0.5) is 0 Å². The van der Waals surface area contributed by atoms with Gasteiger partial charge in [-0.3, -0.25) is 4.90 Å². The third kappa shape index (κ3) is 2.51. The third-order valence-corrected chi connectivity index (χ3v) is 4.43. The molecule has 7 heteroatoms. The standard InChI is InChI=1S/C16H19N5O2/c1-10-17-16(23-19-10)14-7-11(22)8-21(14)9-15-18-12-5-3-4-6-13(12)20(15)2/h3-6,11,14,22H,7-9H2,1-2H3/t11-,14-/m1/s1. The summed E-state index contributed by atoms with van der Waals surface area (Å²) in [5, 5.41) is 13.9. The highest BCUT2D eigenvalue weighted by Gasteiger charge is 2.36. The second-order valence-corrected chi connectivity index (χ2v) is 6.09. The van der Waals surface area contributed by atoms with Crippen molar-refractivity contribution in [1.29, 1.82) is 0 Å². The Balaban J connectivity index is 1.64. The molecular formula is C16H19N5O2. The van der Waals surface area contributed by atoms with E-state index >= 15 is 0 Å². The van der Waals surface area contributed by atoms with Crippen molar-refractivity contribution in [2.24, 2.45) is 7.05 Å². The quantitative estimate of drug-likeness (QED) is 0.790. The summed E-state index contributed by atoms with van der Waals surface area (Å²) in [6.45, 7) is 3.01. The first kappa shape index (κ1) is 14.3. The van der Waals surface area contributed by atoms with Crippen LogP contribution in [0.5, 0.6) is 0 Å². The number of aliphatic hydroxyl groups excluding tert-OH is 1. The van der Waals surface area contributed by atoms with E-state index in [0.29, 0.717) is 31.2 Å². The predicted molar refractivity (Wildman–Crippen MR) is 83.5 cm³/mol. The number of aliphatic hydroxyl groups is 1. The van der Waals surface area contributed by atoms with Crippen LogP contribution in [0.25, 0.3) is 11.0 Å². The molecule has 120 valence electrons. The van der Waals surface area contributed by atoms with Crippen molar-refractivity contribution < 1.29 is 9.63 Å². The van der Waals surface area contributed by atoms with Gasteiger partial charge in [-0.2, -0.15) is 4.98 Å². The van der Waals surface area contributed by atoms with Crippen LogP contribution in [0.1, 0.15) is 30.0 Å². The number of nitrogens with zero attached hydrogens (tertiary/aromatic N) is 5. The first-order valence-corrected chi connectivity index (χ1v) is 7.74. The average Bonchev–Trinajstić information content (AvgIpc) is 3.19. The summed E-state index contributed by atoms with van der Waals surface area (Å²) >= 11 is 0. The molecule has 1 N–H and O–H groups in total. The first-order valence-electron chi connectivity index (χ1n) is 7.74. The maximum absolute atomic E-state index is 10.1. The molecule has 0 amide bonds. The zero-order valence-corrected chi connectivity index (χ0v) is 13.2. The van der Waals surface area contributed by atoms with Crippen molar-refractivity contribution in [3.05, 3.63) is 41.8 Å². The fourth-order valence-electron chi connectivity index (χ4n) is 3.28. The lowest BCUT2D eigenvalue weighted by molar-refractivity contribution is 0.167. The molecule has 0 radical (unpaired) electrons. The van der Waals surface area contributed by atoms with E-state index in [-0.39, 0.29) is 12.1 Å². The van der Waals surface area contributed by atoms with Gasteiger partial charge in [0.25, 0.3) is 0 Å². The van der Waals surface area contributed by atoms with Crippen LogP contribution in [0.3, 0.4) is 0 Å². The Hall–Kier alpha value is -2.25. The van der Waals surface area contributed by atoms with E-state index in [1.54, 1.807) is 6.92 Å². The smallest absolute Gasteiger partial charge is 0.244 e. The van der Waals surface area contributed by atoms with Crippen molar-refractivity contribution in [2.75, 3.05) is 6.54 Å². The van der Waals surface area contributed by atoms with Gasteiger partial charge in [0, 0.05) is 13.6 Å². The van der Waals surface area contributed by atoms with Crippen LogP contribution in [0, 0.1) is 6.92 Å². The van der Waals surface area contributed by atoms with E-state index in [0.717, 1.165) is 16.9 Å². The number of aromatic nitrogens is 4. The van der Waals surface area contributed by atoms with Gasteiger partial charge in [0.1, 0.15) is 5.82 Å². The van der Waals surface area contributed by atoms with E-state index in [4.69, 9.17) is 9.51 Å². The minimum atomic E-state index is -0.387. The molecule has 1 fully saturated rings. The Bertz CT molecular complexity index is 840. The number of likely N-dealkylation sites (tertiary alicyclic amines) is 1. The monoisotopic (exact) mass is 313 g/mol. The fourth-order valence-corrected chi connectivity index (χ4v) is 3.28. The predicted octanol–water partition coefficient (Wildman–Crippen LogP) is 1.57. The highest BCUT2D eigenvalue weighted by Crippen LogP contribution is 2.32. The molecule has 0 spiro atoms. The van der Waals surface area contributed by atoms with Gasteiger partial charge < -0.3 is 14.2 Å². The lowest BCUT2D eigenvalue weighted by Gasteiger charge is -2.20. The Kier molecular flexibility index (Phi) is 3.39. The number of hydrogen-bond acceptors (Lipinski definition) is 6. The van der Waals surface area contributed by atoms with Gasteiger partial charge in [-0.25, -0.2) is 4.98 Å². The van der Waals surface area contributed by atoms with E-state index in [1.807, 2.05) is 25.2 Å². The molecular weight excluding hydrogens is 294 g/mol. The number of benzene rings is 1. The molecule has 2 atom stereocenters. The van der Waals surface area contributed by atoms with E-state index < -0.39 is 0 Å². The van der Waals surface area contributed by atoms with Gasteiger partial charge in [0.15, 0.2) is 5.82 Å². The summed E-state index contributed by atoms with van der Waals surface area (Å²) in [6, 6.07) is 8.01. The highest BCUT2D eigenvalue weighted by atomic mass is 16.5. The van der Waals surface area contributed by atoms with Crippen LogP contribution < -0.4 is 0 Å². The zero-order chi connectivity index (χ0) is 16.0. The number of β-amino-alcohol motifs (C(OH)–C–C–N with tert-alkyl or cyclic N) is 1. The van der Waals surface area contributed by atoms with Gasteiger partial charge >= 0.3 is 0 Å². The Morgan fingerprint density at radius 2 is 2.13 bits per heavy atom. The highest BCUT2D eigenvalue weighted by molar-refractivity contribution is 5.75. The van der Waals surface area contributed by atoms with Crippen molar-refractivity contribution >= 4 is 11.0 Å². The minimum Gasteiger partial charge on any atom is -0.392 e. The summed E-state index contributed by atoms with van der Waals surface area (Å²) in [5.41, 5.74) is 2.09. The van der Waals surface area contributed by atoms with Crippen LogP contribution in [0.2, 0.25) is 0 Å². The summed E-state index contributed by atoms with van der Waals surface area (Å²) in [6.07, 6.45) is 0.216. The molecule has 1 aliphatic rings. The normalized spacial score (nSPS) is 22.2. The van der Waals surface area contributed by atoms with Crippen molar-refractivity contribution in [1.82, 2.24) is 24.6 Å². The molecule has 1 aromatic carbocycles. The Morgan fingerprint density at radius 3 is 2.87 bits per heavy atom. The minimum absolute atomic E-state index is 0.0639. The van der Waals surface area contributed by atoms with Crippen molar-refractivity contribution in [2.45, 2.75) is 32.0 Å². The molecule has 7 nitrogen and oxygen atoms in total. The van der Waals surface area contributed by atoms with Crippen molar-refractivity contribution in [3.63, 3.8) is 0 Å². The summed E-state index contributed by atoms with van der Waals surface area (Å²) in [5.74, 6) is 2.14. The lowest BCUT2D eigenvalue weighted by Crippen LogP contribution is -2.26. The summed E-state index contributed by atoms with van der Waals surface area (Å²) in [4.78, 5) is 11.2. The van der Waals surface area contributed by atoms with Crippen LogP contribution in [-0.2, 0) is 13.6 Å². The second-order valence-electron chi connectivity index (χ2n) is 6.09. The molecule has 1 aliphatic heterocycles. The van der Waals surface area contributed by atoms with Gasteiger partial charge in [0.05, 0.1) is 29.7 Å². The number of para-hydroxylation sites is 2. The molecule has 1 saturated heterocycles. The molecule has 0 unspecified atom stereocenters. The second kappa shape index (κ2) is 5.43. The number of hydrogen-bond donors (Lipinski definition) is 1. The number of fused-ring (bicyclic) bond motifs is 1. The van der Waals surface area contributed by atoms with E-state index in [1.165, 1.54) is 0 Å². The molecule has 3 heterocycles. The Labute approximate surface area is 133 Å². The topological polar surface area (TPSA) is 80.2 Å². The molecule has 4 rings (SSSR count). The number of imidazole rings is 1. The van der Waals surface area contributed by atoms with Gasteiger partial charge in [0.2, 0.25) is 5.89 Å². The molecule has 23 heavy (non-hydrogen) atoms. The largest absolute Gasteiger partial charge is 0.392 e. The van der Waals surface area contributed by atoms with Gasteiger partial charge in [-0.05, 0) is 25.5 Å². The number of rotatable bonds is 3. The van der Waals surface area contributed by atoms with E-state index in [2.05, 4.69) is 25.7 Å². The van der Waals surface area contributed by atoms with E-state index in [9.17, 15) is 5.11 Å². The van der Waals surface area contributed by atoms with Crippen LogP contribution in [0.15, 0.2) is 28.8 Å². The maximum Gasteiger partial charge on any atom is 0.244 e. The molecule has 2 aromatic heterocycles. The Morgan fingerprint density at radius 1 is 1.30 bits per heavy atom. The van der Waals surface area contributed by atoms with Gasteiger partial charge in [-0.15, -0.1) is 0 Å². The van der Waals surface area contributed by atoms with Gasteiger partial charge in [-0.1, -0.05) is 17.3 Å².